The van der Waals surface area contributed by atoms with Crippen LogP contribution in [0.5, 0.6) is 11.5 Å². The van der Waals surface area contributed by atoms with E-state index in [4.69, 9.17) is 25.8 Å². The highest BCUT2D eigenvalue weighted by molar-refractivity contribution is 6.30. The van der Waals surface area contributed by atoms with Gasteiger partial charge in [0.25, 0.3) is 0 Å². The van der Waals surface area contributed by atoms with Gasteiger partial charge in [0.15, 0.2) is 0 Å². The second-order valence-corrected chi connectivity index (χ2v) is 10.1. The highest BCUT2D eigenvalue weighted by atomic mass is 35.5. The summed E-state index contributed by atoms with van der Waals surface area (Å²) in [6.07, 6.45) is 0.375. The quantitative estimate of drug-likeness (QED) is 0.334. The van der Waals surface area contributed by atoms with Crippen molar-refractivity contribution in [2.75, 3.05) is 33.9 Å². The largest absolute Gasteiger partial charge is 0.497 e. The van der Waals surface area contributed by atoms with E-state index in [2.05, 4.69) is 4.99 Å². The number of urea groups is 1. The summed E-state index contributed by atoms with van der Waals surface area (Å²) in [6.45, 7) is 6.15. The van der Waals surface area contributed by atoms with E-state index in [1.165, 1.54) is 0 Å². The number of halogens is 1. The summed E-state index contributed by atoms with van der Waals surface area (Å²) in [5, 5.41) is 0.498. The van der Waals surface area contributed by atoms with Crippen LogP contribution in [0.4, 0.5) is 4.79 Å². The number of benzene rings is 2. The molecule has 10 heteroatoms. The first kappa shape index (κ1) is 30.0. The van der Waals surface area contributed by atoms with E-state index in [1.54, 1.807) is 75.1 Å². The molecule has 1 aliphatic rings. The van der Waals surface area contributed by atoms with Crippen LogP contribution < -0.4 is 9.47 Å². The van der Waals surface area contributed by atoms with E-state index in [-0.39, 0.29) is 31.6 Å². The zero-order valence-electron chi connectivity index (χ0n) is 23.1. The minimum absolute atomic E-state index is 0.0819. The van der Waals surface area contributed by atoms with Crippen LogP contribution in [0, 0.1) is 5.92 Å². The van der Waals surface area contributed by atoms with E-state index in [0.29, 0.717) is 35.2 Å². The summed E-state index contributed by atoms with van der Waals surface area (Å²) < 4.78 is 16.4. The lowest BCUT2D eigenvalue weighted by molar-refractivity contribution is -0.151. The van der Waals surface area contributed by atoms with Gasteiger partial charge in [-0.3, -0.25) is 9.59 Å². The van der Waals surface area contributed by atoms with Gasteiger partial charge in [-0.15, -0.1) is 0 Å². The summed E-state index contributed by atoms with van der Waals surface area (Å²) in [7, 11) is 3.29. The molecule has 2 unspecified atom stereocenters. The third-order valence-corrected chi connectivity index (χ3v) is 6.59. The van der Waals surface area contributed by atoms with Gasteiger partial charge in [-0.25, -0.2) is 9.79 Å². The van der Waals surface area contributed by atoms with E-state index in [0.717, 1.165) is 5.56 Å². The highest BCUT2D eigenvalue weighted by Gasteiger charge is 2.43. The Kier molecular flexibility index (Phi) is 10.7. The third kappa shape index (κ3) is 8.20. The monoisotopic (exact) mass is 557 g/mol. The van der Waals surface area contributed by atoms with Gasteiger partial charge in [0.2, 0.25) is 5.91 Å². The molecule has 0 saturated heterocycles. The van der Waals surface area contributed by atoms with Gasteiger partial charge in [-0.1, -0.05) is 29.8 Å². The van der Waals surface area contributed by atoms with Crippen molar-refractivity contribution in [1.29, 1.82) is 0 Å². The molecule has 9 nitrogen and oxygen atoms in total. The molecule has 0 fully saturated rings. The number of hydrogen-bond acceptors (Lipinski definition) is 6. The first-order valence-corrected chi connectivity index (χ1v) is 13.3. The summed E-state index contributed by atoms with van der Waals surface area (Å²) >= 11 is 6.26. The van der Waals surface area contributed by atoms with Gasteiger partial charge >= 0.3 is 12.0 Å². The van der Waals surface area contributed by atoms with E-state index >= 15 is 0 Å². The second-order valence-electron chi connectivity index (χ2n) is 9.64. The number of methoxy groups -OCH3 is 1. The molecular formula is C29H36ClN3O6. The smallest absolute Gasteiger partial charge is 0.344 e. The van der Waals surface area contributed by atoms with Crippen molar-refractivity contribution < 1.29 is 28.6 Å². The van der Waals surface area contributed by atoms with Crippen LogP contribution in [0.15, 0.2) is 53.5 Å². The summed E-state index contributed by atoms with van der Waals surface area (Å²) in [5.74, 6) is 0.00985. The first-order chi connectivity index (χ1) is 18.6. The van der Waals surface area contributed by atoms with Gasteiger partial charge in [-0.2, -0.15) is 0 Å². The number of ether oxygens (including phenoxy) is 3. The molecule has 0 N–H and O–H groups in total. The molecule has 39 heavy (non-hydrogen) atoms. The van der Waals surface area contributed by atoms with Crippen LogP contribution in [-0.2, 0) is 14.3 Å². The fourth-order valence-electron chi connectivity index (χ4n) is 4.46. The average molecular weight is 558 g/mol. The third-order valence-electron chi connectivity index (χ3n) is 6.36. The number of carbonyl (C=O) groups excluding carboxylic acids is 3. The van der Waals surface area contributed by atoms with Crippen LogP contribution in [0.1, 0.15) is 45.2 Å². The second kappa shape index (κ2) is 14.0. The maximum Gasteiger partial charge on any atom is 0.344 e. The normalized spacial score (nSPS) is 17.1. The Morgan fingerprint density at radius 2 is 1.85 bits per heavy atom. The number of nitrogens with zero attached hydrogens (tertiary/aromatic N) is 3. The first-order valence-electron chi connectivity index (χ1n) is 12.9. The molecule has 0 radical (unpaired) electrons. The Labute approximate surface area is 234 Å². The fraction of sp³-hybridized carbons (Fsp3) is 0.448. The van der Waals surface area contributed by atoms with Crippen LogP contribution in [-0.4, -0.2) is 73.4 Å². The van der Waals surface area contributed by atoms with E-state index in [1.807, 2.05) is 18.2 Å². The fourth-order valence-corrected chi connectivity index (χ4v) is 4.65. The summed E-state index contributed by atoms with van der Waals surface area (Å²) in [4.78, 5) is 46.1. The van der Waals surface area contributed by atoms with Crippen molar-refractivity contribution in [3.63, 3.8) is 0 Å². The highest BCUT2D eigenvalue weighted by Crippen LogP contribution is 2.36. The van der Waals surface area contributed by atoms with Gasteiger partial charge in [-0.05, 0) is 57.0 Å². The molecule has 0 spiro atoms. The van der Waals surface area contributed by atoms with Crippen LogP contribution >= 0.6 is 11.6 Å². The van der Waals surface area contributed by atoms with Crippen molar-refractivity contribution in [2.45, 2.75) is 45.8 Å². The molecule has 3 amide bonds. The van der Waals surface area contributed by atoms with Crippen molar-refractivity contribution in [3.05, 3.63) is 59.1 Å². The average Bonchev–Trinajstić information content (AvgIpc) is 2.89. The number of esters is 1. The Balaban J connectivity index is 1.64. The van der Waals surface area contributed by atoms with Crippen LogP contribution in [0.25, 0.3) is 0 Å². The predicted octanol–water partition coefficient (Wildman–Crippen LogP) is 5.17. The van der Waals surface area contributed by atoms with Crippen molar-refractivity contribution in [3.8, 4) is 11.5 Å². The summed E-state index contributed by atoms with van der Waals surface area (Å²) in [6, 6.07) is 13.2. The molecule has 0 aromatic heterocycles. The lowest BCUT2D eigenvalue weighted by atomic mass is 9.86. The Bertz CT molecular complexity index is 1200. The number of hydrogen-bond donors (Lipinski definition) is 0. The predicted molar refractivity (Wildman–Crippen MR) is 149 cm³/mol. The lowest BCUT2D eigenvalue weighted by Gasteiger charge is -2.39. The van der Waals surface area contributed by atoms with E-state index < -0.39 is 24.0 Å². The zero-order valence-corrected chi connectivity index (χ0v) is 23.8. The molecule has 0 saturated carbocycles. The Hall–Kier alpha value is -3.59. The van der Waals surface area contributed by atoms with Gasteiger partial charge < -0.3 is 24.0 Å². The van der Waals surface area contributed by atoms with Gasteiger partial charge in [0.1, 0.15) is 17.4 Å². The number of carbonyl (C=O) groups is 3. The Morgan fingerprint density at radius 3 is 2.54 bits per heavy atom. The SMILES string of the molecule is COc1cccc(OCCC(=O)N(C)CCCN2C(=O)N=C(C)C(C(=O)OC(C)C)C2c2cccc(Cl)c2)c1. The van der Waals surface area contributed by atoms with Gasteiger partial charge in [0.05, 0.1) is 32.3 Å². The van der Waals surface area contributed by atoms with Crippen LogP contribution in [0.2, 0.25) is 5.02 Å². The summed E-state index contributed by atoms with van der Waals surface area (Å²) in [5.41, 5.74) is 1.12. The molecule has 2 aromatic rings. The number of amides is 3. The Morgan fingerprint density at radius 1 is 1.13 bits per heavy atom. The van der Waals surface area contributed by atoms with Crippen molar-refractivity contribution in [1.82, 2.24) is 9.80 Å². The topological polar surface area (TPSA) is 97.7 Å². The molecule has 2 atom stereocenters. The van der Waals surface area contributed by atoms with E-state index in [9.17, 15) is 14.4 Å². The molecule has 3 rings (SSSR count). The molecule has 1 aliphatic heterocycles. The van der Waals surface area contributed by atoms with Crippen LogP contribution in [0.3, 0.4) is 0 Å². The standard InChI is InChI=1S/C29H36ClN3O6/c1-19(2)39-28(35)26-20(3)31-29(36)33(27(26)21-9-6-10-22(30)17-21)15-8-14-32(4)25(34)13-16-38-24-12-7-11-23(18-24)37-5/h6-7,9-12,17-19,26-27H,8,13-16H2,1-5H3. The molecule has 2 aromatic carbocycles. The zero-order chi connectivity index (χ0) is 28.5. The lowest BCUT2D eigenvalue weighted by Crippen LogP contribution is -2.48. The van der Waals surface area contributed by atoms with Crippen molar-refractivity contribution in [2.24, 2.45) is 10.9 Å². The number of aliphatic imine (C=N–C) groups is 1. The molecule has 210 valence electrons. The van der Waals surface area contributed by atoms with Gasteiger partial charge in [0, 0.05) is 36.9 Å². The van der Waals surface area contributed by atoms with Crippen molar-refractivity contribution >= 4 is 35.2 Å². The molecule has 1 heterocycles. The minimum Gasteiger partial charge on any atom is -0.497 e. The maximum atomic E-state index is 13.1. The molecular weight excluding hydrogens is 522 g/mol. The molecule has 0 aliphatic carbocycles. The minimum atomic E-state index is -0.767. The molecule has 0 bridgehead atoms. The number of rotatable bonds is 12. The maximum absolute atomic E-state index is 13.1.